The van der Waals surface area contributed by atoms with Crippen LogP contribution in [0, 0.1) is 0 Å². The SMILES string of the molecule is CCN(CC)c1ccc(NC(=O)C(=O)NCCNC(C)=O)cc1. The monoisotopic (exact) mass is 320 g/mol. The van der Waals surface area contributed by atoms with Gasteiger partial charge in [-0.1, -0.05) is 0 Å². The quantitative estimate of drug-likeness (QED) is 0.510. The number of benzene rings is 1. The molecule has 0 radical (unpaired) electrons. The first-order valence-electron chi connectivity index (χ1n) is 7.66. The zero-order chi connectivity index (χ0) is 17.2. The molecular formula is C16H24N4O3. The Morgan fingerprint density at radius 3 is 2.00 bits per heavy atom. The fourth-order valence-corrected chi connectivity index (χ4v) is 2.03. The van der Waals surface area contributed by atoms with E-state index in [9.17, 15) is 14.4 Å². The minimum absolute atomic E-state index is 0.183. The Balaban J connectivity index is 2.47. The number of nitrogens with one attached hydrogen (secondary N) is 3. The maximum atomic E-state index is 11.8. The number of carbonyl (C=O) groups excluding carboxylic acids is 3. The molecule has 0 spiro atoms. The van der Waals surface area contributed by atoms with Crippen molar-refractivity contribution < 1.29 is 14.4 Å². The Hall–Kier alpha value is -2.57. The molecule has 0 aliphatic heterocycles. The molecule has 1 rings (SSSR count). The van der Waals surface area contributed by atoms with Crippen molar-refractivity contribution in [2.24, 2.45) is 0 Å². The number of carbonyl (C=O) groups is 3. The molecule has 0 unspecified atom stereocenters. The Labute approximate surface area is 136 Å². The summed E-state index contributed by atoms with van der Waals surface area (Å²) in [5.41, 5.74) is 1.62. The van der Waals surface area contributed by atoms with E-state index in [4.69, 9.17) is 0 Å². The lowest BCUT2D eigenvalue weighted by Gasteiger charge is -2.21. The summed E-state index contributed by atoms with van der Waals surface area (Å²) in [5, 5.41) is 7.50. The van der Waals surface area contributed by atoms with Gasteiger partial charge >= 0.3 is 11.8 Å². The molecule has 1 aromatic rings. The Morgan fingerprint density at radius 1 is 0.913 bits per heavy atom. The number of nitrogens with zero attached hydrogens (tertiary/aromatic N) is 1. The zero-order valence-corrected chi connectivity index (χ0v) is 13.8. The van der Waals surface area contributed by atoms with Gasteiger partial charge in [0.15, 0.2) is 0 Å². The number of hydrogen-bond acceptors (Lipinski definition) is 4. The fourth-order valence-electron chi connectivity index (χ4n) is 2.03. The molecular weight excluding hydrogens is 296 g/mol. The minimum atomic E-state index is -0.733. The molecule has 0 saturated carbocycles. The van der Waals surface area contributed by atoms with Crippen molar-refractivity contribution >= 4 is 29.1 Å². The highest BCUT2D eigenvalue weighted by Gasteiger charge is 2.13. The molecule has 0 aliphatic rings. The zero-order valence-electron chi connectivity index (χ0n) is 13.8. The lowest BCUT2D eigenvalue weighted by molar-refractivity contribution is -0.136. The average molecular weight is 320 g/mol. The number of anilines is 2. The third-order valence-electron chi connectivity index (χ3n) is 3.24. The van der Waals surface area contributed by atoms with Gasteiger partial charge in [-0.15, -0.1) is 0 Å². The molecule has 0 fully saturated rings. The highest BCUT2D eigenvalue weighted by molar-refractivity contribution is 6.39. The largest absolute Gasteiger partial charge is 0.372 e. The van der Waals surface area contributed by atoms with Gasteiger partial charge in [0.25, 0.3) is 0 Å². The van der Waals surface area contributed by atoms with Gasteiger partial charge in [0.1, 0.15) is 0 Å². The standard InChI is InChI=1S/C16H24N4O3/c1-4-20(5-2)14-8-6-13(7-9-14)19-16(23)15(22)18-11-10-17-12(3)21/h6-9H,4-5,10-11H2,1-3H3,(H,17,21)(H,18,22)(H,19,23). The van der Waals surface area contributed by atoms with Crippen molar-refractivity contribution in [2.45, 2.75) is 20.8 Å². The molecule has 7 heteroatoms. The molecule has 0 atom stereocenters. The summed E-state index contributed by atoms with van der Waals surface area (Å²) < 4.78 is 0. The second-order valence-electron chi connectivity index (χ2n) is 4.91. The summed E-state index contributed by atoms with van der Waals surface area (Å²) >= 11 is 0. The van der Waals surface area contributed by atoms with Crippen LogP contribution in [0.4, 0.5) is 11.4 Å². The summed E-state index contributed by atoms with van der Waals surface area (Å²) in [6.45, 7) is 7.82. The minimum Gasteiger partial charge on any atom is -0.372 e. The van der Waals surface area contributed by atoms with Gasteiger partial charge < -0.3 is 20.9 Å². The summed E-state index contributed by atoms with van der Waals surface area (Å²) in [4.78, 5) is 36.2. The third-order valence-corrected chi connectivity index (χ3v) is 3.24. The van der Waals surface area contributed by atoms with Crippen LogP contribution < -0.4 is 20.9 Å². The van der Waals surface area contributed by atoms with Gasteiger partial charge in [-0.05, 0) is 38.1 Å². The highest BCUT2D eigenvalue weighted by atomic mass is 16.2. The highest BCUT2D eigenvalue weighted by Crippen LogP contribution is 2.17. The number of amides is 3. The summed E-state index contributed by atoms with van der Waals surface area (Å²) in [7, 11) is 0. The van der Waals surface area contributed by atoms with Crippen molar-refractivity contribution in [3.63, 3.8) is 0 Å². The molecule has 3 N–H and O–H groups in total. The molecule has 7 nitrogen and oxygen atoms in total. The Bertz CT molecular complexity index is 539. The summed E-state index contributed by atoms with van der Waals surface area (Å²) in [5.74, 6) is -1.65. The molecule has 1 aromatic carbocycles. The molecule has 0 heterocycles. The van der Waals surface area contributed by atoms with Crippen LogP contribution in [0.1, 0.15) is 20.8 Å². The second kappa shape index (κ2) is 9.45. The lowest BCUT2D eigenvalue weighted by atomic mass is 10.2. The molecule has 0 saturated heterocycles. The Morgan fingerprint density at radius 2 is 1.48 bits per heavy atom. The van der Waals surface area contributed by atoms with E-state index in [0.717, 1.165) is 18.8 Å². The van der Waals surface area contributed by atoms with E-state index in [1.54, 1.807) is 12.1 Å². The number of hydrogen-bond donors (Lipinski definition) is 3. The first-order chi connectivity index (χ1) is 11.0. The predicted molar refractivity (Wildman–Crippen MR) is 90.3 cm³/mol. The predicted octanol–water partition coefficient (Wildman–Crippen LogP) is 0.724. The van der Waals surface area contributed by atoms with E-state index in [2.05, 4.69) is 34.7 Å². The molecule has 3 amide bonds. The third kappa shape index (κ3) is 6.37. The van der Waals surface area contributed by atoms with Crippen LogP contribution in [0.3, 0.4) is 0 Å². The summed E-state index contributed by atoms with van der Waals surface area (Å²) in [6, 6.07) is 7.32. The van der Waals surface area contributed by atoms with E-state index in [1.165, 1.54) is 6.92 Å². The van der Waals surface area contributed by atoms with E-state index in [-0.39, 0.29) is 19.0 Å². The normalized spacial score (nSPS) is 9.87. The van der Waals surface area contributed by atoms with Gasteiger partial charge in [-0.25, -0.2) is 0 Å². The first-order valence-corrected chi connectivity index (χ1v) is 7.66. The molecule has 23 heavy (non-hydrogen) atoms. The van der Waals surface area contributed by atoms with E-state index < -0.39 is 11.8 Å². The second-order valence-corrected chi connectivity index (χ2v) is 4.91. The van der Waals surface area contributed by atoms with Gasteiger partial charge in [0.2, 0.25) is 5.91 Å². The van der Waals surface area contributed by atoms with Crippen LogP contribution in [0.2, 0.25) is 0 Å². The maximum absolute atomic E-state index is 11.8. The molecule has 0 aromatic heterocycles. The van der Waals surface area contributed by atoms with Crippen molar-refractivity contribution in [1.82, 2.24) is 10.6 Å². The van der Waals surface area contributed by atoms with Crippen LogP contribution in [0.15, 0.2) is 24.3 Å². The van der Waals surface area contributed by atoms with E-state index in [0.29, 0.717) is 5.69 Å². The van der Waals surface area contributed by atoms with Crippen molar-refractivity contribution in [3.8, 4) is 0 Å². The van der Waals surface area contributed by atoms with Crippen LogP contribution in [-0.2, 0) is 14.4 Å². The number of rotatable bonds is 7. The van der Waals surface area contributed by atoms with Gasteiger partial charge in [0.05, 0.1) is 0 Å². The van der Waals surface area contributed by atoms with Crippen molar-refractivity contribution in [3.05, 3.63) is 24.3 Å². The molecule has 0 bridgehead atoms. The van der Waals surface area contributed by atoms with E-state index >= 15 is 0 Å². The van der Waals surface area contributed by atoms with Crippen LogP contribution in [0.5, 0.6) is 0 Å². The molecule has 0 aliphatic carbocycles. The average Bonchev–Trinajstić information content (AvgIpc) is 2.53. The van der Waals surface area contributed by atoms with Crippen LogP contribution >= 0.6 is 0 Å². The summed E-state index contributed by atoms with van der Waals surface area (Å²) in [6.07, 6.45) is 0. The van der Waals surface area contributed by atoms with Crippen LogP contribution in [0.25, 0.3) is 0 Å². The maximum Gasteiger partial charge on any atom is 0.313 e. The topological polar surface area (TPSA) is 90.5 Å². The van der Waals surface area contributed by atoms with Gasteiger partial charge in [0, 0.05) is 44.5 Å². The first kappa shape index (κ1) is 18.5. The van der Waals surface area contributed by atoms with Crippen molar-refractivity contribution in [1.29, 1.82) is 0 Å². The van der Waals surface area contributed by atoms with Gasteiger partial charge in [-0.3, -0.25) is 14.4 Å². The van der Waals surface area contributed by atoms with Gasteiger partial charge in [-0.2, -0.15) is 0 Å². The lowest BCUT2D eigenvalue weighted by Crippen LogP contribution is -2.39. The van der Waals surface area contributed by atoms with Crippen LogP contribution in [-0.4, -0.2) is 43.9 Å². The molecule has 126 valence electrons. The smallest absolute Gasteiger partial charge is 0.313 e. The fraction of sp³-hybridized carbons (Fsp3) is 0.438. The van der Waals surface area contributed by atoms with E-state index in [1.807, 2.05) is 12.1 Å². The Kier molecular flexibility index (Phi) is 7.59. The van der Waals surface area contributed by atoms with Crippen molar-refractivity contribution in [2.75, 3.05) is 36.4 Å².